The van der Waals surface area contributed by atoms with Crippen LogP contribution < -0.4 is 16.0 Å². The van der Waals surface area contributed by atoms with E-state index in [1.54, 1.807) is 35.6 Å². The molecule has 152 valence electrons. The van der Waals surface area contributed by atoms with E-state index in [-0.39, 0.29) is 11.9 Å². The van der Waals surface area contributed by atoms with E-state index in [1.165, 1.54) is 11.3 Å². The fourth-order valence-corrected chi connectivity index (χ4v) is 4.63. The van der Waals surface area contributed by atoms with Crippen molar-refractivity contribution >= 4 is 67.2 Å². The first-order valence-electron chi connectivity index (χ1n) is 9.04. The fourth-order valence-electron chi connectivity index (χ4n) is 2.82. The molecule has 0 spiro atoms. The number of para-hydroxylation sites is 1. The van der Waals surface area contributed by atoms with Gasteiger partial charge in [0, 0.05) is 10.4 Å². The Morgan fingerprint density at radius 3 is 2.73 bits per heavy atom. The highest BCUT2D eigenvalue weighted by Crippen LogP contribution is 2.29. The summed E-state index contributed by atoms with van der Waals surface area (Å²) in [6, 6.07) is 14.2. The van der Waals surface area contributed by atoms with Gasteiger partial charge in [-0.25, -0.2) is 9.78 Å². The first-order valence-corrected chi connectivity index (χ1v) is 11.1. The number of hydrogen-bond donors (Lipinski definition) is 3. The van der Waals surface area contributed by atoms with Gasteiger partial charge < -0.3 is 10.6 Å². The number of thiazole rings is 1. The van der Waals surface area contributed by atoms with Gasteiger partial charge in [0.25, 0.3) is 5.91 Å². The van der Waals surface area contributed by atoms with Gasteiger partial charge in [0.05, 0.1) is 27.5 Å². The van der Waals surface area contributed by atoms with E-state index in [9.17, 15) is 9.59 Å². The van der Waals surface area contributed by atoms with Gasteiger partial charge in [-0.15, -0.1) is 11.3 Å². The predicted octanol–water partition coefficient (Wildman–Crippen LogP) is 5.89. The number of aromatic nitrogens is 1. The zero-order valence-electron chi connectivity index (χ0n) is 15.9. The van der Waals surface area contributed by atoms with E-state index in [0.29, 0.717) is 33.5 Å². The number of carbonyl (C=O) groups excluding carboxylic acids is 2. The number of halogens is 1. The molecule has 2 aromatic carbocycles. The van der Waals surface area contributed by atoms with Crippen molar-refractivity contribution in [2.45, 2.75) is 13.5 Å². The number of hydrogen-bond acceptors (Lipinski definition) is 5. The molecule has 30 heavy (non-hydrogen) atoms. The monoisotopic (exact) mass is 456 g/mol. The molecular weight excluding hydrogens is 440 g/mol. The lowest BCUT2D eigenvalue weighted by Gasteiger charge is -2.10. The maximum atomic E-state index is 12.7. The van der Waals surface area contributed by atoms with Crippen molar-refractivity contribution in [2.24, 2.45) is 0 Å². The van der Waals surface area contributed by atoms with Gasteiger partial charge >= 0.3 is 6.03 Å². The Kier molecular flexibility index (Phi) is 5.98. The quantitative estimate of drug-likeness (QED) is 0.350. The number of anilines is 2. The number of amides is 3. The van der Waals surface area contributed by atoms with Crippen molar-refractivity contribution < 1.29 is 9.59 Å². The Hall–Kier alpha value is -2.94. The van der Waals surface area contributed by atoms with Crippen LogP contribution in [0.1, 0.15) is 20.8 Å². The molecule has 0 fully saturated rings. The summed E-state index contributed by atoms with van der Waals surface area (Å²) in [7, 11) is 0. The van der Waals surface area contributed by atoms with Crippen molar-refractivity contribution in [3.05, 3.63) is 74.9 Å². The molecule has 6 nitrogen and oxygen atoms in total. The maximum absolute atomic E-state index is 12.7. The Morgan fingerprint density at radius 2 is 1.97 bits per heavy atom. The first-order chi connectivity index (χ1) is 14.5. The molecule has 0 saturated carbocycles. The number of nitrogens with one attached hydrogen (secondary N) is 3. The molecule has 0 aliphatic carbocycles. The Morgan fingerprint density at radius 1 is 1.10 bits per heavy atom. The molecule has 0 atom stereocenters. The van der Waals surface area contributed by atoms with Crippen molar-refractivity contribution in [3.8, 4) is 0 Å². The predicted molar refractivity (Wildman–Crippen MR) is 124 cm³/mol. The lowest BCUT2D eigenvalue weighted by molar-refractivity contribution is 0.102. The smallest absolute Gasteiger partial charge is 0.321 e. The number of benzene rings is 2. The summed E-state index contributed by atoms with van der Waals surface area (Å²) in [6.45, 7) is 2.34. The summed E-state index contributed by atoms with van der Waals surface area (Å²) in [4.78, 5) is 30.3. The van der Waals surface area contributed by atoms with Gasteiger partial charge in [-0.2, -0.15) is 0 Å². The topological polar surface area (TPSA) is 83.1 Å². The Bertz CT molecular complexity index is 1200. The van der Waals surface area contributed by atoms with Gasteiger partial charge in [0.2, 0.25) is 0 Å². The van der Waals surface area contributed by atoms with E-state index in [0.717, 1.165) is 15.1 Å². The standard InChI is InChI=1S/C21H17ClN4O2S2/c1-12-4-2-6-15(22)18(12)25-19(27)13-7-8-16-17(10-13)30-21(24-16)26-20(28)23-11-14-5-3-9-29-14/h2-10H,11H2,1H3,(H,25,27)(H2,23,24,26,28). The number of thiophene rings is 1. The van der Waals surface area contributed by atoms with Crippen molar-refractivity contribution in [1.29, 1.82) is 0 Å². The molecule has 0 aliphatic heterocycles. The molecule has 3 amide bonds. The van der Waals surface area contributed by atoms with E-state index >= 15 is 0 Å². The van der Waals surface area contributed by atoms with E-state index in [1.807, 2.05) is 36.6 Å². The van der Waals surface area contributed by atoms with Crippen LogP contribution in [-0.4, -0.2) is 16.9 Å². The molecule has 9 heteroatoms. The number of aryl methyl sites for hydroxylation is 1. The van der Waals surface area contributed by atoms with Gasteiger partial charge in [0.1, 0.15) is 0 Å². The molecule has 4 rings (SSSR count). The largest absolute Gasteiger partial charge is 0.333 e. The summed E-state index contributed by atoms with van der Waals surface area (Å²) >= 11 is 9.08. The minimum Gasteiger partial charge on any atom is -0.333 e. The van der Waals surface area contributed by atoms with Crippen LogP contribution in [0.3, 0.4) is 0 Å². The van der Waals surface area contributed by atoms with Crippen LogP contribution in [0.15, 0.2) is 53.9 Å². The van der Waals surface area contributed by atoms with Crippen molar-refractivity contribution in [3.63, 3.8) is 0 Å². The molecule has 2 aromatic heterocycles. The highest BCUT2D eigenvalue weighted by Gasteiger charge is 2.13. The second kappa shape index (κ2) is 8.83. The number of fused-ring (bicyclic) bond motifs is 1. The van der Waals surface area contributed by atoms with Crippen LogP contribution >= 0.6 is 34.3 Å². The van der Waals surface area contributed by atoms with Crippen LogP contribution in [-0.2, 0) is 6.54 Å². The summed E-state index contributed by atoms with van der Waals surface area (Å²) in [5.74, 6) is -0.260. The number of urea groups is 1. The van der Waals surface area contributed by atoms with Gasteiger partial charge in [0.15, 0.2) is 5.13 Å². The zero-order valence-corrected chi connectivity index (χ0v) is 18.3. The second-order valence-corrected chi connectivity index (χ2v) is 8.94. The molecule has 0 saturated heterocycles. The van der Waals surface area contributed by atoms with Gasteiger partial charge in [-0.3, -0.25) is 10.1 Å². The number of carbonyl (C=O) groups is 2. The van der Waals surface area contributed by atoms with Gasteiger partial charge in [-0.1, -0.05) is 41.1 Å². The van der Waals surface area contributed by atoms with E-state index < -0.39 is 0 Å². The first kappa shape index (κ1) is 20.3. The molecule has 0 unspecified atom stereocenters. The minimum atomic E-state index is -0.324. The maximum Gasteiger partial charge on any atom is 0.321 e. The second-order valence-electron chi connectivity index (χ2n) is 6.47. The molecule has 0 radical (unpaired) electrons. The third-order valence-electron chi connectivity index (χ3n) is 4.33. The van der Waals surface area contributed by atoms with Crippen LogP contribution in [0.4, 0.5) is 15.6 Å². The molecule has 3 N–H and O–H groups in total. The van der Waals surface area contributed by atoms with Gasteiger partial charge in [-0.05, 0) is 48.2 Å². The number of nitrogens with zero attached hydrogens (tertiary/aromatic N) is 1. The lowest BCUT2D eigenvalue weighted by Crippen LogP contribution is -2.27. The normalized spacial score (nSPS) is 10.7. The minimum absolute atomic E-state index is 0.260. The molecular formula is C21H17ClN4O2S2. The van der Waals surface area contributed by atoms with E-state index in [4.69, 9.17) is 11.6 Å². The highest BCUT2D eigenvalue weighted by atomic mass is 35.5. The summed E-state index contributed by atoms with van der Waals surface area (Å²) in [5, 5.41) is 11.3. The molecule has 0 aliphatic rings. The number of rotatable bonds is 5. The average Bonchev–Trinajstić information content (AvgIpc) is 3.37. The van der Waals surface area contributed by atoms with Crippen LogP contribution in [0.2, 0.25) is 5.02 Å². The summed E-state index contributed by atoms with van der Waals surface area (Å²) in [5.41, 5.74) is 2.67. The Labute approximate surface area is 185 Å². The average molecular weight is 457 g/mol. The zero-order chi connectivity index (χ0) is 21.1. The Balaban J connectivity index is 1.45. The summed E-state index contributed by atoms with van der Waals surface area (Å²) < 4.78 is 0.798. The van der Waals surface area contributed by atoms with Crippen LogP contribution in [0.5, 0.6) is 0 Å². The lowest BCUT2D eigenvalue weighted by atomic mass is 10.1. The van der Waals surface area contributed by atoms with Crippen molar-refractivity contribution in [1.82, 2.24) is 10.3 Å². The summed E-state index contributed by atoms with van der Waals surface area (Å²) in [6.07, 6.45) is 0. The third kappa shape index (κ3) is 4.62. The molecule has 2 heterocycles. The third-order valence-corrected chi connectivity index (χ3v) is 6.46. The van der Waals surface area contributed by atoms with Crippen molar-refractivity contribution in [2.75, 3.05) is 10.6 Å². The van der Waals surface area contributed by atoms with Crippen LogP contribution in [0.25, 0.3) is 10.2 Å². The van der Waals surface area contributed by atoms with E-state index in [2.05, 4.69) is 20.9 Å². The SMILES string of the molecule is Cc1cccc(Cl)c1NC(=O)c1ccc2nc(NC(=O)NCc3cccs3)sc2c1. The highest BCUT2D eigenvalue weighted by molar-refractivity contribution is 7.22. The fraction of sp³-hybridized carbons (Fsp3) is 0.0952. The molecule has 0 bridgehead atoms. The van der Waals surface area contributed by atoms with Crippen LogP contribution in [0, 0.1) is 6.92 Å². The molecule has 4 aromatic rings.